The average Bonchev–Trinajstić information content (AvgIpc) is 2.71. The number of carbonyl (C=O) groups excluding carboxylic acids is 3. The van der Waals surface area contributed by atoms with Crippen LogP contribution in [0.25, 0.3) is 0 Å². The fourth-order valence-electron chi connectivity index (χ4n) is 2.53. The van der Waals surface area contributed by atoms with Gasteiger partial charge >= 0.3 is 6.09 Å². The number of fused-ring (bicyclic) bond motifs is 1. The Morgan fingerprint density at radius 1 is 1.27 bits per heavy atom. The summed E-state index contributed by atoms with van der Waals surface area (Å²) in [7, 11) is 1.52. The molecule has 10 nitrogen and oxygen atoms in total. The molecule has 10 heteroatoms. The molecule has 166 valence electrons. The molecule has 1 heterocycles. The number of hydroxylamine groups is 1. The highest BCUT2D eigenvalue weighted by Gasteiger charge is 2.32. The number of nitrogens with one attached hydrogen (secondary N) is 2. The largest absolute Gasteiger partial charge is 0.489 e. The van der Waals surface area contributed by atoms with E-state index in [1.807, 2.05) is 0 Å². The third-order valence-electron chi connectivity index (χ3n) is 3.90. The number of nitrogens with zero attached hydrogens (tertiary/aromatic N) is 1. The molecule has 1 aromatic rings. The first-order valence-corrected chi connectivity index (χ1v) is 9.45. The second-order valence-corrected chi connectivity index (χ2v) is 8.62. The van der Waals surface area contributed by atoms with Gasteiger partial charge in [0.25, 0.3) is 11.8 Å². The normalized spacial score (nSPS) is 16.8. The topological polar surface area (TPSA) is 126 Å². The lowest BCUT2D eigenvalue weighted by atomic mass is 10.1. The van der Waals surface area contributed by atoms with E-state index in [4.69, 9.17) is 14.3 Å². The minimum atomic E-state index is -1.10. The lowest BCUT2D eigenvalue weighted by Crippen LogP contribution is -2.50. The minimum absolute atomic E-state index is 0.0876. The number of aliphatic hydroxyl groups is 1. The summed E-state index contributed by atoms with van der Waals surface area (Å²) in [5.74, 6) is -0.584. The Morgan fingerprint density at radius 2 is 1.93 bits per heavy atom. The van der Waals surface area contributed by atoms with E-state index in [1.165, 1.54) is 24.1 Å². The average molecular weight is 423 g/mol. The number of anilines is 1. The summed E-state index contributed by atoms with van der Waals surface area (Å²) >= 11 is 0. The van der Waals surface area contributed by atoms with Gasteiger partial charge in [-0.2, -0.15) is 0 Å². The van der Waals surface area contributed by atoms with Crippen LogP contribution in [0.4, 0.5) is 10.5 Å². The summed E-state index contributed by atoms with van der Waals surface area (Å²) < 4.78 is 10.9. The number of likely N-dealkylation sites (N-methyl/N-ethyl adjacent to an activating group) is 1. The predicted octanol–water partition coefficient (Wildman–Crippen LogP) is 1.37. The molecular formula is C20H29N3O7. The van der Waals surface area contributed by atoms with Crippen LogP contribution in [-0.2, 0) is 14.4 Å². The van der Waals surface area contributed by atoms with Gasteiger partial charge in [0.1, 0.15) is 30.6 Å². The molecule has 0 saturated heterocycles. The zero-order valence-electron chi connectivity index (χ0n) is 18.1. The fraction of sp³-hybridized carbons (Fsp3) is 0.550. The summed E-state index contributed by atoms with van der Waals surface area (Å²) in [6, 6.07) is 3.59. The van der Waals surface area contributed by atoms with Gasteiger partial charge in [-0.25, -0.2) is 10.3 Å². The zero-order chi connectivity index (χ0) is 22.7. The second kappa shape index (κ2) is 8.88. The van der Waals surface area contributed by atoms with Gasteiger partial charge in [0, 0.05) is 12.6 Å². The van der Waals surface area contributed by atoms with Gasteiger partial charge in [0.15, 0.2) is 0 Å². The first-order valence-electron chi connectivity index (χ1n) is 9.45. The van der Waals surface area contributed by atoms with E-state index in [1.54, 1.807) is 40.7 Å². The Bertz CT molecular complexity index is 812. The van der Waals surface area contributed by atoms with Crippen molar-refractivity contribution in [1.82, 2.24) is 10.8 Å². The van der Waals surface area contributed by atoms with Crippen molar-refractivity contribution in [3.05, 3.63) is 23.8 Å². The number of benzene rings is 1. The maximum absolute atomic E-state index is 12.8. The molecule has 0 radical (unpaired) electrons. The SMILES string of the molecule is CN1C(=O)[C@@H](NC(=O)OC(C)(C)C)COc2ccc(C(=O)NOCC(C)(C)O)cc21. The Kier molecular flexibility index (Phi) is 6.94. The van der Waals surface area contributed by atoms with E-state index in [9.17, 15) is 19.5 Å². The highest BCUT2D eigenvalue weighted by molar-refractivity contribution is 6.02. The van der Waals surface area contributed by atoms with Crippen molar-refractivity contribution >= 4 is 23.6 Å². The van der Waals surface area contributed by atoms with Crippen LogP contribution in [0, 0.1) is 0 Å². The zero-order valence-corrected chi connectivity index (χ0v) is 18.1. The van der Waals surface area contributed by atoms with Gasteiger partial charge in [-0.1, -0.05) is 0 Å². The number of alkyl carbamates (subject to hydrolysis) is 1. The molecule has 1 aliphatic rings. The van der Waals surface area contributed by atoms with Crippen LogP contribution in [-0.4, -0.2) is 60.5 Å². The van der Waals surface area contributed by atoms with Gasteiger partial charge in [-0.3, -0.25) is 14.4 Å². The minimum Gasteiger partial charge on any atom is -0.489 e. The van der Waals surface area contributed by atoms with Crippen molar-refractivity contribution in [3.63, 3.8) is 0 Å². The lowest BCUT2D eigenvalue weighted by Gasteiger charge is -2.23. The van der Waals surface area contributed by atoms with E-state index >= 15 is 0 Å². The van der Waals surface area contributed by atoms with Crippen LogP contribution in [0.5, 0.6) is 5.75 Å². The Balaban J connectivity index is 2.11. The van der Waals surface area contributed by atoms with E-state index < -0.39 is 35.2 Å². The third kappa shape index (κ3) is 6.60. The summed E-state index contributed by atoms with van der Waals surface area (Å²) in [4.78, 5) is 43.4. The number of amides is 3. The van der Waals surface area contributed by atoms with Crippen molar-refractivity contribution in [2.45, 2.75) is 51.9 Å². The van der Waals surface area contributed by atoms with Crippen LogP contribution in [0.2, 0.25) is 0 Å². The molecule has 0 unspecified atom stereocenters. The number of hydrogen-bond donors (Lipinski definition) is 3. The van der Waals surface area contributed by atoms with Crippen molar-refractivity contribution in [2.75, 3.05) is 25.2 Å². The third-order valence-corrected chi connectivity index (χ3v) is 3.90. The molecule has 30 heavy (non-hydrogen) atoms. The van der Waals surface area contributed by atoms with Crippen molar-refractivity contribution in [1.29, 1.82) is 0 Å². The molecule has 0 saturated carbocycles. The maximum atomic E-state index is 12.8. The summed E-state index contributed by atoms with van der Waals surface area (Å²) in [6.07, 6.45) is -0.729. The van der Waals surface area contributed by atoms with E-state index in [0.717, 1.165) is 0 Å². The smallest absolute Gasteiger partial charge is 0.408 e. The molecule has 0 bridgehead atoms. The van der Waals surface area contributed by atoms with Gasteiger partial charge < -0.3 is 24.8 Å². The standard InChI is InChI=1S/C20H29N3O7/c1-19(2,3)30-18(26)21-13-10-28-15-8-7-12(9-14(15)23(6)17(13)25)16(24)22-29-11-20(4,5)27/h7-9,13,27H,10-11H2,1-6H3,(H,21,26)(H,22,24)/t13-/m0/s1. The van der Waals surface area contributed by atoms with E-state index in [0.29, 0.717) is 11.4 Å². The van der Waals surface area contributed by atoms with Crippen LogP contribution in [0.1, 0.15) is 45.0 Å². The molecule has 3 amide bonds. The quantitative estimate of drug-likeness (QED) is 0.611. The van der Waals surface area contributed by atoms with Crippen LogP contribution in [0.3, 0.4) is 0 Å². The lowest BCUT2D eigenvalue weighted by molar-refractivity contribution is -0.120. The number of ether oxygens (including phenoxy) is 2. The van der Waals surface area contributed by atoms with E-state index in [2.05, 4.69) is 10.8 Å². The number of hydrogen-bond acceptors (Lipinski definition) is 7. The molecule has 1 aliphatic heterocycles. The van der Waals surface area contributed by atoms with Crippen molar-refractivity contribution < 1.29 is 33.8 Å². The van der Waals surface area contributed by atoms with Crippen LogP contribution < -0.4 is 20.4 Å². The summed E-state index contributed by atoms with van der Waals surface area (Å²) in [5.41, 5.74) is 1.03. The molecule has 2 rings (SSSR count). The maximum Gasteiger partial charge on any atom is 0.408 e. The molecule has 3 N–H and O–H groups in total. The number of carbonyl (C=O) groups is 3. The first-order chi connectivity index (χ1) is 13.8. The molecule has 0 fully saturated rings. The molecule has 0 aliphatic carbocycles. The summed E-state index contributed by atoms with van der Waals surface area (Å²) in [6.45, 7) is 8.06. The number of rotatable bonds is 5. The first kappa shape index (κ1) is 23.4. The van der Waals surface area contributed by atoms with Crippen LogP contribution in [0.15, 0.2) is 18.2 Å². The Morgan fingerprint density at radius 3 is 2.53 bits per heavy atom. The molecule has 0 aromatic heterocycles. The van der Waals surface area contributed by atoms with Gasteiger partial charge in [0.05, 0.1) is 11.3 Å². The Labute approximate surface area is 175 Å². The van der Waals surface area contributed by atoms with E-state index in [-0.39, 0.29) is 18.8 Å². The second-order valence-electron chi connectivity index (χ2n) is 8.62. The highest BCUT2D eigenvalue weighted by atomic mass is 16.7. The molecule has 1 aromatic carbocycles. The van der Waals surface area contributed by atoms with Gasteiger partial charge in [-0.05, 0) is 52.8 Å². The molecule has 1 atom stereocenters. The van der Waals surface area contributed by atoms with Crippen molar-refractivity contribution in [3.8, 4) is 5.75 Å². The predicted molar refractivity (Wildman–Crippen MR) is 108 cm³/mol. The Hall–Kier alpha value is -2.85. The molecular weight excluding hydrogens is 394 g/mol. The monoisotopic (exact) mass is 423 g/mol. The highest BCUT2D eigenvalue weighted by Crippen LogP contribution is 2.31. The molecule has 0 spiro atoms. The fourth-order valence-corrected chi connectivity index (χ4v) is 2.53. The van der Waals surface area contributed by atoms with Crippen LogP contribution >= 0.6 is 0 Å². The van der Waals surface area contributed by atoms with Gasteiger partial charge in [-0.15, -0.1) is 0 Å². The summed E-state index contributed by atoms with van der Waals surface area (Å²) in [5, 5.41) is 12.1. The van der Waals surface area contributed by atoms with Gasteiger partial charge in [0.2, 0.25) is 0 Å². The van der Waals surface area contributed by atoms with Crippen molar-refractivity contribution in [2.24, 2.45) is 0 Å².